The van der Waals surface area contributed by atoms with Crippen molar-refractivity contribution in [3.63, 3.8) is 0 Å². The lowest BCUT2D eigenvalue weighted by Gasteiger charge is -2.34. The Labute approximate surface area is 171 Å². The molecule has 0 bridgehead atoms. The van der Waals surface area contributed by atoms with Gasteiger partial charge in [0, 0.05) is 23.0 Å². The van der Waals surface area contributed by atoms with Crippen molar-refractivity contribution in [1.82, 2.24) is 4.57 Å². The molecule has 5 rings (SSSR count). The highest BCUT2D eigenvalue weighted by molar-refractivity contribution is 6.43. The van der Waals surface area contributed by atoms with Crippen LogP contribution in [0.25, 0.3) is 10.9 Å². The molecule has 2 aromatic carbocycles. The largest absolute Gasteiger partial charge is 0.469 e. The number of alkyl halides is 1. The maximum absolute atomic E-state index is 13.3. The summed E-state index contributed by atoms with van der Waals surface area (Å²) in [5.74, 6) is -0.714. The minimum atomic E-state index is -1.72. The summed E-state index contributed by atoms with van der Waals surface area (Å²) in [5.41, 5.74) is 1.44. The number of rotatable bonds is 3. The molecule has 146 valence electrons. The van der Waals surface area contributed by atoms with Gasteiger partial charge < -0.3 is 14.4 Å². The summed E-state index contributed by atoms with van der Waals surface area (Å²) < 4.78 is 6.64. The van der Waals surface area contributed by atoms with E-state index >= 15 is 0 Å². The zero-order valence-corrected chi connectivity index (χ0v) is 16.3. The number of esters is 1. The number of benzene rings is 2. The first-order valence-electron chi connectivity index (χ1n) is 9.26. The van der Waals surface area contributed by atoms with Gasteiger partial charge in [0.1, 0.15) is 11.1 Å². The Morgan fingerprint density at radius 1 is 1.24 bits per heavy atom. The number of ketones is 1. The zero-order chi connectivity index (χ0) is 20.3. The van der Waals surface area contributed by atoms with Crippen molar-refractivity contribution in [2.45, 2.75) is 23.9 Å². The number of aromatic nitrogens is 1. The molecule has 1 N–H and O–H groups in total. The average Bonchev–Trinajstić information content (AvgIpc) is 3.23. The molecule has 3 aromatic rings. The predicted octanol–water partition coefficient (Wildman–Crippen LogP) is 3.33. The molecule has 0 spiro atoms. The number of carbonyl (C=O) groups excluding carboxylic acids is 2. The molecule has 0 fully saturated rings. The van der Waals surface area contributed by atoms with Crippen LogP contribution in [0.1, 0.15) is 28.0 Å². The Balaban J connectivity index is 1.82. The van der Waals surface area contributed by atoms with Crippen molar-refractivity contribution in [1.29, 1.82) is 0 Å². The summed E-state index contributed by atoms with van der Waals surface area (Å²) in [4.78, 5) is 29.8. The van der Waals surface area contributed by atoms with Crippen LogP contribution < -0.4 is 0 Å². The first-order valence-corrected chi connectivity index (χ1v) is 9.70. The highest BCUT2D eigenvalue weighted by atomic mass is 35.5. The van der Waals surface area contributed by atoms with Crippen LogP contribution >= 0.6 is 11.6 Å². The quantitative estimate of drug-likeness (QED) is 0.532. The van der Waals surface area contributed by atoms with E-state index in [1.165, 1.54) is 7.11 Å². The number of aryl methyl sites for hydroxylation is 1. The Hall–Kier alpha value is -2.96. The number of carbonyl (C=O) groups is 2. The number of hydrogen-bond donors (Lipinski definition) is 1. The maximum Gasteiger partial charge on any atom is 0.307 e. The van der Waals surface area contributed by atoms with Gasteiger partial charge in [0.2, 0.25) is 0 Å². The molecule has 0 saturated carbocycles. The van der Waals surface area contributed by atoms with Gasteiger partial charge in [0.15, 0.2) is 11.4 Å². The molecular weight excluding hydrogens is 392 g/mol. The maximum atomic E-state index is 13.3. The van der Waals surface area contributed by atoms with E-state index in [4.69, 9.17) is 16.3 Å². The first-order chi connectivity index (χ1) is 14.0. The molecule has 0 unspecified atom stereocenters. The van der Waals surface area contributed by atoms with Crippen LogP contribution in [-0.4, -0.2) is 39.6 Å². The summed E-state index contributed by atoms with van der Waals surface area (Å²) in [7, 11) is 1.34. The number of halogens is 1. The first kappa shape index (κ1) is 18.1. The molecule has 0 amide bonds. The molecule has 1 aromatic heterocycles. The van der Waals surface area contributed by atoms with Crippen molar-refractivity contribution in [3.8, 4) is 0 Å². The third kappa shape index (κ3) is 2.30. The van der Waals surface area contributed by atoms with E-state index in [0.717, 1.165) is 10.9 Å². The number of methoxy groups -OCH3 is 1. The smallest absolute Gasteiger partial charge is 0.307 e. The lowest BCUT2D eigenvalue weighted by molar-refractivity contribution is -0.140. The highest BCUT2D eigenvalue weighted by Gasteiger charge is 2.57. The SMILES string of the molecule is COC(=O)CCn1c2c(c3ccccc31)C(=O)[C@@H](Cl)[C@@]1(O)C2=Nc2ccccc21. The van der Waals surface area contributed by atoms with Crippen molar-refractivity contribution < 1.29 is 19.4 Å². The topological polar surface area (TPSA) is 80.9 Å². The van der Waals surface area contributed by atoms with Crippen LogP contribution in [-0.2, 0) is 21.7 Å². The Bertz CT molecular complexity index is 1230. The normalized spacial score (nSPS) is 22.1. The van der Waals surface area contributed by atoms with Gasteiger partial charge in [-0.05, 0) is 12.1 Å². The third-order valence-electron chi connectivity index (χ3n) is 5.71. The molecule has 1 aliphatic carbocycles. The molecule has 7 heteroatoms. The molecule has 0 saturated heterocycles. The van der Waals surface area contributed by atoms with Crippen LogP contribution in [0.3, 0.4) is 0 Å². The summed E-state index contributed by atoms with van der Waals surface area (Å²) in [6, 6.07) is 14.6. The van der Waals surface area contributed by atoms with Crippen molar-refractivity contribution in [3.05, 3.63) is 65.4 Å². The lowest BCUT2D eigenvalue weighted by atomic mass is 9.77. The molecule has 2 atom stereocenters. The van der Waals surface area contributed by atoms with Gasteiger partial charge in [-0.3, -0.25) is 9.59 Å². The second-order valence-corrected chi connectivity index (χ2v) is 7.63. The van der Waals surface area contributed by atoms with Crippen LogP contribution in [0, 0.1) is 0 Å². The van der Waals surface area contributed by atoms with Gasteiger partial charge in [-0.25, -0.2) is 4.99 Å². The van der Waals surface area contributed by atoms with E-state index in [0.29, 0.717) is 28.2 Å². The Kier molecular flexibility index (Phi) is 3.91. The van der Waals surface area contributed by atoms with E-state index in [2.05, 4.69) is 4.99 Å². The van der Waals surface area contributed by atoms with Gasteiger partial charge in [0.05, 0.1) is 30.5 Å². The fourth-order valence-electron chi connectivity index (χ4n) is 4.37. The van der Waals surface area contributed by atoms with E-state index in [1.54, 1.807) is 18.2 Å². The number of aliphatic imine (C=N–C) groups is 1. The molecule has 2 aliphatic rings. The van der Waals surface area contributed by atoms with Crippen molar-refractivity contribution in [2.24, 2.45) is 4.99 Å². The Morgan fingerprint density at radius 2 is 1.97 bits per heavy atom. The molecule has 29 heavy (non-hydrogen) atoms. The van der Waals surface area contributed by atoms with E-state index in [1.807, 2.05) is 34.9 Å². The van der Waals surface area contributed by atoms with Gasteiger partial charge in [-0.15, -0.1) is 11.6 Å². The number of aliphatic hydroxyl groups is 1. The summed E-state index contributed by atoms with van der Waals surface area (Å²) in [6.45, 7) is 0.286. The average molecular weight is 409 g/mol. The number of fused-ring (bicyclic) bond motifs is 7. The van der Waals surface area contributed by atoms with Gasteiger partial charge in [-0.1, -0.05) is 36.4 Å². The molecule has 6 nitrogen and oxygen atoms in total. The van der Waals surface area contributed by atoms with Crippen LogP contribution in [0.5, 0.6) is 0 Å². The number of para-hydroxylation sites is 2. The fourth-order valence-corrected chi connectivity index (χ4v) is 4.70. The third-order valence-corrected chi connectivity index (χ3v) is 6.23. The lowest BCUT2D eigenvalue weighted by Crippen LogP contribution is -2.51. The molecular formula is C22H17ClN2O4. The highest BCUT2D eigenvalue weighted by Crippen LogP contribution is 2.50. The molecule has 2 heterocycles. The Morgan fingerprint density at radius 3 is 2.76 bits per heavy atom. The molecule has 0 radical (unpaired) electrons. The zero-order valence-electron chi connectivity index (χ0n) is 15.6. The fraction of sp³-hybridized carbons (Fsp3) is 0.227. The van der Waals surface area contributed by atoms with E-state index in [-0.39, 0.29) is 24.7 Å². The minimum absolute atomic E-state index is 0.124. The minimum Gasteiger partial charge on any atom is -0.469 e. The second kappa shape index (κ2) is 6.27. The van der Waals surface area contributed by atoms with Gasteiger partial charge >= 0.3 is 5.97 Å². The van der Waals surface area contributed by atoms with E-state index < -0.39 is 11.0 Å². The van der Waals surface area contributed by atoms with Crippen LogP contribution in [0.15, 0.2) is 53.5 Å². The second-order valence-electron chi connectivity index (χ2n) is 7.19. The molecule has 1 aliphatic heterocycles. The number of Topliss-reactive ketones (excluding diaryl/α,β-unsaturated/α-hetero) is 1. The van der Waals surface area contributed by atoms with Crippen molar-refractivity contribution in [2.75, 3.05) is 7.11 Å². The number of ether oxygens (including phenoxy) is 1. The summed E-state index contributed by atoms with van der Waals surface area (Å²) in [6.07, 6.45) is 0.124. The van der Waals surface area contributed by atoms with Crippen LogP contribution in [0.4, 0.5) is 5.69 Å². The van der Waals surface area contributed by atoms with Crippen LogP contribution in [0.2, 0.25) is 0 Å². The summed E-state index contributed by atoms with van der Waals surface area (Å²) >= 11 is 6.56. The number of hydrogen-bond acceptors (Lipinski definition) is 5. The summed E-state index contributed by atoms with van der Waals surface area (Å²) in [5, 5.41) is 11.2. The van der Waals surface area contributed by atoms with E-state index in [9.17, 15) is 14.7 Å². The monoisotopic (exact) mass is 408 g/mol. The standard InChI is InChI=1S/C22H17ClN2O4/c1-29-16(26)10-11-25-15-9-5-2-6-12(15)17-18(25)21-22(28,20(23)19(17)27)13-7-3-4-8-14(13)24-21/h2-9,20,28H,10-11H2,1H3/t20-,22-/m1/s1. The number of nitrogens with zero attached hydrogens (tertiary/aromatic N) is 2. The predicted molar refractivity (Wildman–Crippen MR) is 109 cm³/mol. The van der Waals surface area contributed by atoms with Gasteiger partial charge in [-0.2, -0.15) is 0 Å². The van der Waals surface area contributed by atoms with Crippen molar-refractivity contribution >= 4 is 45.7 Å². The van der Waals surface area contributed by atoms with Gasteiger partial charge in [0.25, 0.3) is 0 Å².